The normalized spacial score (nSPS) is 12.7. The van der Waals surface area contributed by atoms with Crippen molar-refractivity contribution in [1.82, 2.24) is 0 Å². The summed E-state index contributed by atoms with van der Waals surface area (Å²) in [6, 6.07) is 4.69. The van der Waals surface area contributed by atoms with Gasteiger partial charge in [0.05, 0.1) is 5.02 Å². The van der Waals surface area contributed by atoms with Crippen molar-refractivity contribution in [3.8, 4) is 0 Å². The van der Waals surface area contributed by atoms with E-state index in [9.17, 15) is 9.50 Å². The Balaban J connectivity index is 2.46. The molecule has 0 aliphatic heterocycles. The molecule has 1 atom stereocenters. The number of hydrogen-bond acceptors (Lipinski definition) is 2. The van der Waals surface area contributed by atoms with Gasteiger partial charge in [0.1, 0.15) is 11.9 Å². The van der Waals surface area contributed by atoms with Crippen LogP contribution in [0.25, 0.3) is 0 Å². The summed E-state index contributed by atoms with van der Waals surface area (Å²) < 4.78 is 14.4. The lowest BCUT2D eigenvalue weighted by Crippen LogP contribution is -2.03. The van der Waals surface area contributed by atoms with Crippen molar-refractivity contribution in [2.75, 3.05) is 0 Å². The fourth-order valence-corrected chi connectivity index (χ4v) is 3.25. The Morgan fingerprint density at radius 1 is 1.50 bits per heavy atom. The van der Waals surface area contributed by atoms with Crippen molar-refractivity contribution in [2.45, 2.75) is 19.4 Å². The van der Waals surface area contributed by atoms with E-state index in [0.717, 1.165) is 16.9 Å². The highest BCUT2D eigenvalue weighted by Gasteiger charge is 2.20. The molecule has 0 saturated carbocycles. The van der Waals surface area contributed by atoms with E-state index in [0.29, 0.717) is 9.50 Å². The van der Waals surface area contributed by atoms with Crippen LogP contribution >= 0.6 is 38.9 Å². The summed E-state index contributed by atoms with van der Waals surface area (Å²) in [4.78, 5) is 0.773. The van der Waals surface area contributed by atoms with E-state index in [4.69, 9.17) is 11.6 Å². The van der Waals surface area contributed by atoms with Crippen molar-refractivity contribution in [3.05, 3.63) is 54.9 Å². The van der Waals surface area contributed by atoms with Gasteiger partial charge in [0, 0.05) is 14.9 Å². The Bertz CT molecular complexity index is 570. The highest BCUT2D eigenvalue weighted by atomic mass is 79.9. The molecule has 0 bridgehead atoms. The molecule has 1 unspecified atom stereocenters. The minimum absolute atomic E-state index is 0.209. The molecular formula is C13H11BrClFOS. The molecule has 18 heavy (non-hydrogen) atoms. The molecule has 1 aromatic heterocycles. The van der Waals surface area contributed by atoms with Crippen molar-refractivity contribution in [1.29, 1.82) is 0 Å². The van der Waals surface area contributed by atoms with Gasteiger partial charge >= 0.3 is 0 Å². The van der Waals surface area contributed by atoms with Gasteiger partial charge in [-0.2, -0.15) is 0 Å². The Hall–Kier alpha value is -0.420. The molecular weight excluding hydrogens is 339 g/mol. The summed E-state index contributed by atoms with van der Waals surface area (Å²) in [6.07, 6.45) is -0.160. The van der Waals surface area contributed by atoms with Crippen LogP contribution in [0.4, 0.5) is 4.39 Å². The van der Waals surface area contributed by atoms with Crippen LogP contribution < -0.4 is 0 Å². The Labute approximate surface area is 122 Å². The number of thiophene rings is 1. The van der Waals surface area contributed by atoms with Crippen LogP contribution in [0.2, 0.25) is 5.02 Å². The molecule has 1 N–H and O–H groups in total. The molecule has 2 rings (SSSR count). The number of benzene rings is 1. The zero-order valence-electron chi connectivity index (χ0n) is 9.58. The second-order valence-electron chi connectivity index (χ2n) is 3.85. The third kappa shape index (κ3) is 2.62. The fourth-order valence-electron chi connectivity index (χ4n) is 1.77. The molecule has 1 heterocycles. The number of rotatable bonds is 3. The van der Waals surface area contributed by atoms with Crippen molar-refractivity contribution < 1.29 is 9.50 Å². The van der Waals surface area contributed by atoms with Crippen LogP contribution in [0.15, 0.2) is 28.1 Å². The minimum atomic E-state index is -0.967. The number of aryl methyl sites for hydroxylation is 1. The van der Waals surface area contributed by atoms with Gasteiger partial charge in [-0.15, -0.1) is 11.3 Å². The van der Waals surface area contributed by atoms with E-state index >= 15 is 0 Å². The van der Waals surface area contributed by atoms with E-state index in [-0.39, 0.29) is 5.56 Å². The third-order valence-corrected chi connectivity index (χ3v) is 4.95. The van der Waals surface area contributed by atoms with Crippen LogP contribution in [0.1, 0.15) is 29.0 Å². The van der Waals surface area contributed by atoms with Gasteiger partial charge in [0.2, 0.25) is 0 Å². The summed E-state index contributed by atoms with van der Waals surface area (Å²) in [7, 11) is 0. The van der Waals surface area contributed by atoms with E-state index in [1.165, 1.54) is 23.5 Å². The van der Waals surface area contributed by atoms with Gasteiger partial charge in [0.25, 0.3) is 0 Å². The first-order valence-corrected chi connectivity index (χ1v) is 7.48. The molecule has 96 valence electrons. The van der Waals surface area contributed by atoms with Gasteiger partial charge in [-0.25, -0.2) is 4.39 Å². The van der Waals surface area contributed by atoms with Crippen molar-refractivity contribution in [3.63, 3.8) is 0 Å². The van der Waals surface area contributed by atoms with Gasteiger partial charge in [0.15, 0.2) is 0 Å². The lowest BCUT2D eigenvalue weighted by molar-refractivity contribution is 0.218. The van der Waals surface area contributed by atoms with E-state index in [2.05, 4.69) is 15.9 Å². The largest absolute Gasteiger partial charge is 0.383 e. The Kier molecular flexibility index (Phi) is 4.43. The average molecular weight is 350 g/mol. The lowest BCUT2D eigenvalue weighted by Gasteiger charge is -2.13. The third-order valence-electron chi connectivity index (χ3n) is 2.74. The number of halogens is 3. The lowest BCUT2D eigenvalue weighted by atomic mass is 10.0. The molecule has 0 radical (unpaired) electrons. The summed E-state index contributed by atoms with van der Waals surface area (Å²) in [5, 5.41) is 12.6. The van der Waals surface area contributed by atoms with Gasteiger partial charge in [-0.05, 0) is 51.5 Å². The molecule has 0 amide bonds. The van der Waals surface area contributed by atoms with E-state index in [1.807, 2.05) is 18.4 Å². The fraction of sp³-hybridized carbons (Fsp3) is 0.231. The second-order valence-corrected chi connectivity index (χ2v) is 6.06. The maximum Gasteiger partial charge on any atom is 0.130 e. The molecule has 0 aliphatic carbocycles. The summed E-state index contributed by atoms with van der Waals surface area (Å²) >= 11 is 10.5. The predicted molar refractivity (Wildman–Crippen MR) is 76.9 cm³/mol. The molecule has 2 aromatic rings. The highest BCUT2D eigenvalue weighted by Crippen LogP contribution is 2.35. The van der Waals surface area contributed by atoms with Crippen LogP contribution in [0, 0.1) is 5.82 Å². The Morgan fingerprint density at radius 2 is 2.22 bits per heavy atom. The summed E-state index contributed by atoms with van der Waals surface area (Å²) in [5.74, 6) is -0.464. The van der Waals surface area contributed by atoms with Crippen molar-refractivity contribution in [2.24, 2.45) is 0 Å². The van der Waals surface area contributed by atoms with Gasteiger partial charge in [-0.3, -0.25) is 0 Å². The topological polar surface area (TPSA) is 20.2 Å². The smallest absolute Gasteiger partial charge is 0.130 e. The monoisotopic (exact) mass is 348 g/mol. The van der Waals surface area contributed by atoms with Crippen LogP contribution in [0.5, 0.6) is 0 Å². The van der Waals surface area contributed by atoms with Gasteiger partial charge in [-0.1, -0.05) is 18.5 Å². The predicted octanol–water partition coefficient (Wildman–Crippen LogP) is 4.95. The first kappa shape index (κ1) is 14.0. The second kappa shape index (κ2) is 5.70. The molecule has 0 aliphatic rings. The highest BCUT2D eigenvalue weighted by molar-refractivity contribution is 9.10. The zero-order chi connectivity index (χ0) is 13.3. The maximum atomic E-state index is 13.9. The van der Waals surface area contributed by atoms with Crippen LogP contribution in [-0.4, -0.2) is 5.11 Å². The number of hydrogen-bond donors (Lipinski definition) is 1. The molecule has 1 aromatic carbocycles. The molecule has 0 spiro atoms. The maximum absolute atomic E-state index is 13.9. The summed E-state index contributed by atoms with van der Waals surface area (Å²) in [6.45, 7) is 2.00. The Morgan fingerprint density at radius 3 is 2.89 bits per heavy atom. The van der Waals surface area contributed by atoms with Crippen LogP contribution in [-0.2, 0) is 6.42 Å². The zero-order valence-corrected chi connectivity index (χ0v) is 12.7. The first-order valence-electron chi connectivity index (χ1n) is 5.43. The first-order chi connectivity index (χ1) is 8.54. The van der Waals surface area contributed by atoms with Gasteiger partial charge < -0.3 is 5.11 Å². The van der Waals surface area contributed by atoms with E-state index in [1.54, 1.807) is 0 Å². The SMILES string of the molecule is CCc1ccsc1C(O)c1cc(Cl)c(Br)cc1F. The van der Waals surface area contributed by atoms with Crippen LogP contribution in [0.3, 0.4) is 0 Å². The number of aliphatic hydroxyl groups is 1. The van der Waals surface area contributed by atoms with E-state index < -0.39 is 11.9 Å². The standard InChI is InChI=1S/C13H11BrClFOS/c1-2-7-3-4-18-13(7)12(17)8-5-10(15)9(14)6-11(8)16/h3-6,12,17H,2H2,1H3. The molecule has 1 nitrogen and oxygen atoms in total. The molecule has 0 fully saturated rings. The van der Waals surface area contributed by atoms with Crippen molar-refractivity contribution >= 4 is 38.9 Å². The number of aliphatic hydroxyl groups excluding tert-OH is 1. The minimum Gasteiger partial charge on any atom is -0.383 e. The molecule has 5 heteroatoms. The molecule has 0 saturated heterocycles. The summed E-state index contributed by atoms with van der Waals surface area (Å²) in [5.41, 5.74) is 1.24. The average Bonchev–Trinajstić information content (AvgIpc) is 2.81. The quantitative estimate of drug-likeness (QED) is 0.778.